The summed E-state index contributed by atoms with van der Waals surface area (Å²) in [5, 5.41) is 26.3. The topological polar surface area (TPSA) is 234 Å². The number of fused-ring (bicyclic) bond motifs is 3. The number of carboxylic acid groups (broad SMARTS) is 2. The number of unbranched alkanes of at least 4 members (excludes halogenated alkanes) is 1. The molecule has 288 valence electrons. The number of nitrogens with zero attached hydrogens (tertiary/aromatic N) is 1. The summed E-state index contributed by atoms with van der Waals surface area (Å²) in [4.78, 5) is 78.0. The molecule has 1 heterocycles. The number of hydrogen-bond acceptors (Lipinski definition) is 11. The number of aromatic nitrogens is 1. The van der Waals surface area contributed by atoms with E-state index in [2.05, 4.69) is 31.8 Å². The molecule has 0 fully saturated rings. The molecule has 1 aliphatic rings. The number of alkyl carbamates (subject to hydrolysis) is 1. The number of benzene rings is 2. The second-order valence-corrected chi connectivity index (χ2v) is 12.8. The van der Waals surface area contributed by atoms with Crippen molar-refractivity contribution in [3.63, 3.8) is 0 Å². The van der Waals surface area contributed by atoms with Gasteiger partial charge in [0, 0.05) is 31.3 Å². The highest BCUT2D eigenvalue weighted by Gasteiger charge is 2.30. The molecule has 7 N–H and O–H groups in total. The first kappa shape index (κ1) is 40.9. The SMILES string of the molecule is COC(=O)[C@H](CCC(=O)O)NC(=O)[C@H](Cc1cccnc1)NNCCCC[C@H](NC(=O)[C@H](C)NC(=O)OCC1c2ccccc2-c2ccccc21)C(=O)O. The van der Waals surface area contributed by atoms with Crippen LogP contribution in [0.1, 0.15) is 61.6 Å². The predicted molar refractivity (Wildman–Crippen MR) is 195 cm³/mol. The Bertz CT molecular complexity index is 1730. The predicted octanol–water partition coefficient (Wildman–Crippen LogP) is 2.28. The molecular formula is C38H46N6O10. The van der Waals surface area contributed by atoms with E-state index >= 15 is 0 Å². The van der Waals surface area contributed by atoms with Crippen molar-refractivity contribution in [1.82, 2.24) is 31.8 Å². The zero-order chi connectivity index (χ0) is 39.0. The van der Waals surface area contributed by atoms with Gasteiger partial charge >= 0.3 is 24.0 Å². The van der Waals surface area contributed by atoms with Gasteiger partial charge in [-0.15, -0.1) is 0 Å². The number of carbonyl (C=O) groups is 6. The van der Waals surface area contributed by atoms with Crippen molar-refractivity contribution in [2.45, 2.75) is 75.5 Å². The average Bonchev–Trinajstić information content (AvgIpc) is 3.49. The van der Waals surface area contributed by atoms with Gasteiger partial charge in [-0.2, -0.15) is 0 Å². The fourth-order valence-corrected chi connectivity index (χ4v) is 6.09. The van der Waals surface area contributed by atoms with E-state index in [1.807, 2.05) is 48.5 Å². The highest BCUT2D eigenvalue weighted by molar-refractivity contribution is 5.89. The van der Waals surface area contributed by atoms with Crippen LogP contribution >= 0.6 is 0 Å². The number of pyridine rings is 1. The third kappa shape index (κ3) is 11.8. The number of amides is 3. The maximum absolute atomic E-state index is 13.2. The smallest absolute Gasteiger partial charge is 0.407 e. The number of carboxylic acids is 2. The van der Waals surface area contributed by atoms with Gasteiger partial charge in [0.15, 0.2) is 0 Å². The molecule has 16 nitrogen and oxygen atoms in total. The van der Waals surface area contributed by atoms with E-state index < -0.39 is 60.0 Å². The number of ether oxygens (including phenoxy) is 2. The van der Waals surface area contributed by atoms with Gasteiger partial charge in [-0.05, 0) is 72.9 Å². The zero-order valence-corrected chi connectivity index (χ0v) is 30.1. The molecule has 4 rings (SSSR count). The maximum atomic E-state index is 13.2. The summed E-state index contributed by atoms with van der Waals surface area (Å²) in [5.74, 6) is -4.57. The summed E-state index contributed by atoms with van der Waals surface area (Å²) >= 11 is 0. The van der Waals surface area contributed by atoms with Gasteiger partial charge in [-0.1, -0.05) is 54.6 Å². The Morgan fingerprint density at radius 3 is 2.07 bits per heavy atom. The molecule has 0 saturated carbocycles. The van der Waals surface area contributed by atoms with Crippen LogP contribution in [-0.2, 0) is 39.9 Å². The van der Waals surface area contributed by atoms with Gasteiger partial charge in [0.2, 0.25) is 11.8 Å². The number of nitrogens with one attached hydrogen (secondary N) is 5. The van der Waals surface area contributed by atoms with Crippen LogP contribution in [0.2, 0.25) is 0 Å². The number of methoxy groups -OCH3 is 1. The first-order valence-electron chi connectivity index (χ1n) is 17.6. The van der Waals surface area contributed by atoms with Crippen molar-refractivity contribution in [1.29, 1.82) is 0 Å². The van der Waals surface area contributed by atoms with E-state index in [4.69, 9.17) is 14.6 Å². The Morgan fingerprint density at radius 2 is 1.46 bits per heavy atom. The normalized spacial score (nSPS) is 14.0. The third-order valence-electron chi connectivity index (χ3n) is 8.93. The summed E-state index contributed by atoms with van der Waals surface area (Å²) in [6, 6.07) is 14.9. The van der Waals surface area contributed by atoms with E-state index in [0.29, 0.717) is 19.4 Å². The summed E-state index contributed by atoms with van der Waals surface area (Å²) in [6.07, 6.45) is 2.93. The maximum Gasteiger partial charge on any atom is 0.407 e. The lowest BCUT2D eigenvalue weighted by molar-refractivity contribution is -0.146. The molecular weight excluding hydrogens is 700 g/mol. The molecule has 0 unspecified atom stereocenters. The second kappa shape index (κ2) is 20.4. The van der Waals surface area contributed by atoms with Crippen LogP contribution in [0, 0.1) is 0 Å². The van der Waals surface area contributed by atoms with Gasteiger partial charge in [0.25, 0.3) is 0 Å². The minimum atomic E-state index is -1.24. The first-order valence-corrected chi connectivity index (χ1v) is 17.6. The molecule has 16 heteroatoms. The number of carbonyl (C=O) groups excluding carboxylic acids is 4. The molecule has 0 saturated heterocycles. The molecule has 0 aliphatic heterocycles. The Morgan fingerprint density at radius 1 is 0.796 bits per heavy atom. The molecule has 3 amide bonds. The van der Waals surface area contributed by atoms with E-state index in [9.17, 15) is 33.9 Å². The molecule has 54 heavy (non-hydrogen) atoms. The van der Waals surface area contributed by atoms with Crippen LogP contribution in [0.3, 0.4) is 0 Å². The Labute approximate surface area is 312 Å². The summed E-state index contributed by atoms with van der Waals surface area (Å²) in [6.45, 7) is 1.80. The number of rotatable bonds is 21. The fourth-order valence-electron chi connectivity index (χ4n) is 6.09. The lowest BCUT2D eigenvalue weighted by Crippen LogP contribution is -2.55. The lowest BCUT2D eigenvalue weighted by Gasteiger charge is -2.22. The van der Waals surface area contributed by atoms with Crippen LogP contribution in [0.5, 0.6) is 0 Å². The zero-order valence-electron chi connectivity index (χ0n) is 30.1. The number of esters is 1. The molecule has 3 aromatic rings. The fraction of sp³-hybridized carbons (Fsp3) is 0.395. The largest absolute Gasteiger partial charge is 0.481 e. The van der Waals surface area contributed by atoms with Crippen LogP contribution in [-0.4, -0.2) is 95.4 Å². The quantitative estimate of drug-likeness (QED) is 0.0472. The number of aliphatic carboxylic acids is 2. The highest BCUT2D eigenvalue weighted by atomic mass is 16.5. The van der Waals surface area contributed by atoms with Crippen molar-refractivity contribution in [2.75, 3.05) is 20.3 Å². The van der Waals surface area contributed by atoms with Crippen molar-refractivity contribution >= 4 is 35.8 Å². The van der Waals surface area contributed by atoms with Gasteiger partial charge < -0.3 is 35.6 Å². The summed E-state index contributed by atoms with van der Waals surface area (Å²) in [7, 11) is 1.14. The third-order valence-corrected chi connectivity index (χ3v) is 8.93. The number of hydrazine groups is 1. The van der Waals surface area contributed by atoms with E-state index in [0.717, 1.165) is 34.9 Å². The van der Waals surface area contributed by atoms with E-state index in [-0.39, 0.29) is 38.2 Å². The number of hydrogen-bond donors (Lipinski definition) is 7. The monoisotopic (exact) mass is 746 g/mol. The molecule has 4 atom stereocenters. The molecule has 0 spiro atoms. The Hall–Kier alpha value is -5.87. The van der Waals surface area contributed by atoms with Crippen molar-refractivity contribution in [2.24, 2.45) is 0 Å². The van der Waals surface area contributed by atoms with Crippen LogP contribution in [0.4, 0.5) is 4.79 Å². The first-order chi connectivity index (χ1) is 26.0. The van der Waals surface area contributed by atoms with Crippen LogP contribution in [0.15, 0.2) is 73.1 Å². The lowest BCUT2D eigenvalue weighted by atomic mass is 9.98. The Kier molecular flexibility index (Phi) is 15.4. The summed E-state index contributed by atoms with van der Waals surface area (Å²) in [5.41, 5.74) is 10.8. The van der Waals surface area contributed by atoms with E-state index in [1.54, 1.807) is 24.5 Å². The summed E-state index contributed by atoms with van der Waals surface area (Å²) < 4.78 is 10.2. The standard InChI is InChI=1S/C38H46N6O10/c1-23(41-38(52)54-22-29-27-13-5-3-11-25(27)26-12-4-6-14-28(26)29)34(47)42-30(36(49)50)15-7-8-19-40-44-32(20-24-10-9-18-39-21-24)35(48)43-31(37(51)53-2)16-17-33(45)46/h3-6,9-14,18,21,23,29-32,40,44H,7-8,15-17,19-20,22H2,1-2H3,(H,41,52)(H,42,47)(H,43,48)(H,45,46)(H,49,50)/t23-,30-,31-,32-/m0/s1. The van der Waals surface area contributed by atoms with Gasteiger partial charge in [0.05, 0.1) is 7.11 Å². The van der Waals surface area contributed by atoms with Crippen LogP contribution < -0.4 is 26.8 Å². The van der Waals surface area contributed by atoms with Gasteiger partial charge in [-0.3, -0.25) is 24.8 Å². The minimum absolute atomic E-state index is 0.0600. The van der Waals surface area contributed by atoms with Gasteiger partial charge in [0.1, 0.15) is 30.8 Å². The highest BCUT2D eigenvalue weighted by Crippen LogP contribution is 2.44. The minimum Gasteiger partial charge on any atom is -0.481 e. The van der Waals surface area contributed by atoms with Crippen molar-refractivity contribution in [3.8, 4) is 11.1 Å². The van der Waals surface area contributed by atoms with E-state index in [1.165, 1.54) is 6.92 Å². The second-order valence-electron chi connectivity index (χ2n) is 12.8. The molecule has 0 radical (unpaired) electrons. The van der Waals surface area contributed by atoms with Gasteiger partial charge in [-0.25, -0.2) is 19.8 Å². The molecule has 0 bridgehead atoms. The molecule has 1 aliphatic carbocycles. The molecule has 2 aromatic carbocycles. The van der Waals surface area contributed by atoms with Crippen molar-refractivity contribution < 1.29 is 48.5 Å². The van der Waals surface area contributed by atoms with Crippen LogP contribution in [0.25, 0.3) is 11.1 Å². The van der Waals surface area contributed by atoms with Crippen molar-refractivity contribution in [3.05, 3.63) is 89.7 Å². The average molecular weight is 747 g/mol. The molecule has 1 aromatic heterocycles. The Balaban J connectivity index is 1.21.